The Morgan fingerprint density at radius 1 is 1.00 bits per heavy atom. The van der Waals surface area contributed by atoms with Crippen LogP contribution in [-0.2, 0) is 10.5 Å². The number of methoxy groups -OCH3 is 2. The number of fused-ring (bicyclic) bond motifs is 1. The molecule has 9 heteroatoms. The van der Waals surface area contributed by atoms with Crippen molar-refractivity contribution >= 4 is 28.6 Å². The van der Waals surface area contributed by atoms with E-state index in [2.05, 4.69) is 19.1 Å². The minimum atomic E-state index is -0.233. The van der Waals surface area contributed by atoms with Gasteiger partial charge in [-0.05, 0) is 36.2 Å². The van der Waals surface area contributed by atoms with Crippen molar-refractivity contribution in [3.05, 3.63) is 87.7 Å². The minimum Gasteiger partial charge on any atom is -0.497 e. The lowest BCUT2D eigenvalue weighted by Crippen LogP contribution is -2.40. The summed E-state index contributed by atoms with van der Waals surface area (Å²) in [4.78, 5) is 33.7. The third-order valence-electron chi connectivity index (χ3n) is 6.60. The molecule has 0 aliphatic carbocycles. The van der Waals surface area contributed by atoms with Gasteiger partial charge < -0.3 is 19.1 Å². The standard InChI is InChI=1S/C29H29N3O5S/c1-19-6-4-5-7-21(19)18-38-29-30-26-14-20(27(33)31-10-12-37-13-11-31)8-9-25(26)28(34)32(29)22-15-23(35-2)17-24(16-22)36-3/h4-9,14-17H,10-13,18H2,1-3H3. The van der Waals surface area contributed by atoms with Crippen molar-refractivity contribution in [2.75, 3.05) is 40.5 Å². The molecule has 3 aromatic carbocycles. The first kappa shape index (κ1) is 25.8. The Bertz CT molecular complexity index is 1520. The van der Waals surface area contributed by atoms with Gasteiger partial charge in [0.25, 0.3) is 11.5 Å². The van der Waals surface area contributed by atoms with Gasteiger partial charge in [-0.15, -0.1) is 0 Å². The molecule has 0 radical (unpaired) electrons. The fraction of sp³-hybridized carbons (Fsp3) is 0.276. The highest BCUT2D eigenvalue weighted by Gasteiger charge is 2.21. The molecular formula is C29H29N3O5S. The van der Waals surface area contributed by atoms with Crippen molar-refractivity contribution in [1.82, 2.24) is 14.5 Å². The molecular weight excluding hydrogens is 502 g/mol. The Labute approximate surface area is 225 Å². The van der Waals surface area contributed by atoms with Crippen LogP contribution in [-0.4, -0.2) is 60.9 Å². The first-order valence-corrected chi connectivity index (χ1v) is 13.3. The SMILES string of the molecule is COc1cc(OC)cc(-n2c(SCc3ccccc3C)nc3cc(C(=O)N4CCOCC4)ccc3c2=O)c1. The zero-order chi connectivity index (χ0) is 26.6. The molecule has 1 aromatic heterocycles. The van der Waals surface area contributed by atoms with E-state index in [1.54, 1.807) is 60.1 Å². The molecule has 0 saturated carbocycles. The van der Waals surface area contributed by atoms with Crippen molar-refractivity contribution in [3.63, 3.8) is 0 Å². The van der Waals surface area contributed by atoms with Crippen molar-refractivity contribution < 1.29 is 19.0 Å². The highest BCUT2D eigenvalue weighted by atomic mass is 32.2. The summed E-state index contributed by atoms with van der Waals surface area (Å²) in [6.07, 6.45) is 0. The first-order chi connectivity index (χ1) is 18.5. The van der Waals surface area contributed by atoms with Gasteiger partial charge in [0.1, 0.15) is 11.5 Å². The number of amides is 1. The first-order valence-electron chi connectivity index (χ1n) is 12.3. The minimum absolute atomic E-state index is 0.0900. The van der Waals surface area contributed by atoms with Gasteiger partial charge in [-0.1, -0.05) is 36.0 Å². The molecule has 0 bridgehead atoms. The summed E-state index contributed by atoms with van der Waals surface area (Å²) in [5.41, 5.74) is 3.65. The zero-order valence-electron chi connectivity index (χ0n) is 21.6. The van der Waals surface area contributed by atoms with Gasteiger partial charge in [0.05, 0.1) is 44.0 Å². The van der Waals surface area contributed by atoms with Crippen LogP contribution < -0.4 is 15.0 Å². The molecule has 1 fully saturated rings. The quantitative estimate of drug-likeness (QED) is 0.257. The van der Waals surface area contributed by atoms with E-state index < -0.39 is 0 Å². The van der Waals surface area contributed by atoms with Gasteiger partial charge in [0.2, 0.25) is 0 Å². The number of aryl methyl sites for hydroxylation is 1. The Kier molecular flexibility index (Phi) is 7.67. The molecule has 4 aromatic rings. The van der Waals surface area contributed by atoms with Crippen molar-refractivity contribution in [1.29, 1.82) is 0 Å². The molecule has 196 valence electrons. The van der Waals surface area contributed by atoms with E-state index in [9.17, 15) is 9.59 Å². The van der Waals surface area contributed by atoms with E-state index in [0.29, 0.717) is 70.9 Å². The van der Waals surface area contributed by atoms with E-state index >= 15 is 0 Å². The van der Waals surface area contributed by atoms with E-state index in [4.69, 9.17) is 19.2 Å². The number of aromatic nitrogens is 2. The van der Waals surface area contributed by atoms with Crippen LogP contribution in [0.25, 0.3) is 16.6 Å². The van der Waals surface area contributed by atoms with Crippen LogP contribution in [0.2, 0.25) is 0 Å². The summed E-state index contributed by atoms with van der Waals surface area (Å²) in [5, 5.41) is 0.933. The lowest BCUT2D eigenvalue weighted by molar-refractivity contribution is 0.0303. The van der Waals surface area contributed by atoms with E-state index in [-0.39, 0.29) is 11.5 Å². The number of rotatable bonds is 7. The molecule has 1 saturated heterocycles. The van der Waals surface area contributed by atoms with Gasteiger partial charge in [-0.3, -0.25) is 14.2 Å². The van der Waals surface area contributed by atoms with E-state index in [1.807, 2.05) is 12.1 Å². The average Bonchev–Trinajstić information content (AvgIpc) is 2.96. The molecule has 38 heavy (non-hydrogen) atoms. The van der Waals surface area contributed by atoms with Gasteiger partial charge in [-0.25, -0.2) is 4.98 Å². The number of nitrogens with zero attached hydrogens (tertiary/aromatic N) is 3. The van der Waals surface area contributed by atoms with Crippen LogP contribution in [0.3, 0.4) is 0 Å². The molecule has 8 nitrogen and oxygen atoms in total. The summed E-state index contributed by atoms with van der Waals surface area (Å²) in [5.74, 6) is 1.66. The topological polar surface area (TPSA) is 82.9 Å². The fourth-order valence-electron chi connectivity index (χ4n) is 4.41. The predicted octanol–water partition coefficient (Wildman–Crippen LogP) is 4.48. The van der Waals surface area contributed by atoms with Crippen LogP contribution >= 0.6 is 11.8 Å². The lowest BCUT2D eigenvalue weighted by atomic mass is 10.1. The summed E-state index contributed by atoms with van der Waals surface area (Å²) < 4.78 is 17.9. The number of benzene rings is 3. The fourth-order valence-corrected chi connectivity index (χ4v) is 5.50. The van der Waals surface area contributed by atoms with Gasteiger partial charge >= 0.3 is 0 Å². The second-order valence-electron chi connectivity index (χ2n) is 8.96. The average molecular weight is 532 g/mol. The highest BCUT2D eigenvalue weighted by molar-refractivity contribution is 7.98. The number of thioether (sulfide) groups is 1. The molecule has 1 amide bonds. The summed E-state index contributed by atoms with van der Waals surface area (Å²) in [7, 11) is 3.14. The van der Waals surface area contributed by atoms with E-state index in [1.165, 1.54) is 11.8 Å². The third-order valence-corrected chi connectivity index (χ3v) is 7.58. The summed E-state index contributed by atoms with van der Waals surface area (Å²) in [6.45, 7) is 4.19. The van der Waals surface area contributed by atoms with Gasteiger partial charge in [-0.2, -0.15) is 0 Å². The van der Waals surface area contributed by atoms with Gasteiger partial charge in [0.15, 0.2) is 5.16 Å². The smallest absolute Gasteiger partial charge is 0.266 e. The van der Waals surface area contributed by atoms with Crippen LogP contribution in [0.5, 0.6) is 11.5 Å². The second-order valence-corrected chi connectivity index (χ2v) is 9.90. The van der Waals surface area contributed by atoms with E-state index in [0.717, 1.165) is 11.1 Å². The number of carbonyl (C=O) groups excluding carboxylic acids is 1. The summed E-state index contributed by atoms with van der Waals surface area (Å²) in [6, 6.07) is 18.5. The zero-order valence-corrected chi connectivity index (χ0v) is 22.4. The largest absolute Gasteiger partial charge is 0.497 e. The van der Waals surface area contributed by atoms with Crippen LogP contribution in [0, 0.1) is 6.92 Å². The number of ether oxygens (including phenoxy) is 3. The normalized spacial score (nSPS) is 13.5. The second kappa shape index (κ2) is 11.3. The third kappa shape index (κ3) is 5.25. The van der Waals surface area contributed by atoms with Crippen LogP contribution in [0.15, 0.2) is 70.6 Å². The maximum Gasteiger partial charge on any atom is 0.266 e. The Morgan fingerprint density at radius 3 is 2.39 bits per heavy atom. The van der Waals surface area contributed by atoms with Gasteiger partial charge in [0, 0.05) is 42.6 Å². The number of carbonyl (C=O) groups is 1. The molecule has 0 atom stereocenters. The molecule has 1 aliphatic heterocycles. The molecule has 5 rings (SSSR count). The Morgan fingerprint density at radius 2 is 1.71 bits per heavy atom. The number of hydrogen-bond acceptors (Lipinski definition) is 7. The Hall–Kier alpha value is -3.82. The lowest BCUT2D eigenvalue weighted by Gasteiger charge is -2.26. The van der Waals surface area contributed by atoms with Crippen molar-refractivity contribution in [2.45, 2.75) is 17.8 Å². The monoisotopic (exact) mass is 531 g/mol. The highest BCUT2D eigenvalue weighted by Crippen LogP contribution is 2.30. The Balaban J connectivity index is 1.63. The predicted molar refractivity (Wildman–Crippen MR) is 148 cm³/mol. The van der Waals surface area contributed by atoms with Crippen molar-refractivity contribution in [2.24, 2.45) is 0 Å². The molecule has 0 unspecified atom stereocenters. The summed E-state index contributed by atoms with van der Waals surface area (Å²) >= 11 is 1.47. The maximum atomic E-state index is 13.9. The van der Waals surface area contributed by atoms with Crippen LogP contribution in [0.4, 0.5) is 0 Å². The molecule has 1 aliphatic rings. The number of morpholine rings is 1. The van der Waals surface area contributed by atoms with Crippen LogP contribution in [0.1, 0.15) is 21.5 Å². The molecule has 2 heterocycles. The molecule has 0 N–H and O–H groups in total. The maximum absolute atomic E-state index is 13.9. The number of hydrogen-bond donors (Lipinski definition) is 0. The van der Waals surface area contributed by atoms with Crippen molar-refractivity contribution in [3.8, 4) is 17.2 Å². The molecule has 0 spiro atoms.